The highest BCUT2D eigenvalue weighted by molar-refractivity contribution is 6.35. The summed E-state index contributed by atoms with van der Waals surface area (Å²) in [7, 11) is 0. The van der Waals surface area contributed by atoms with Crippen molar-refractivity contribution in [2.24, 2.45) is 0 Å². The van der Waals surface area contributed by atoms with E-state index < -0.39 is 0 Å². The van der Waals surface area contributed by atoms with Crippen molar-refractivity contribution in [1.29, 1.82) is 0 Å². The molecule has 0 amide bonds. The summed E-state index contributed by atoms with van der Waals surface area (Å²) < 4.78 is 11.1. The molecule has 0 aliphatic heterocycles. The number of anilines is 1. The number of nitrogens with one attached hydrogen (secondary N) is 1. The second-order valence-corrected chi connectivity index (χ2v) is 5.86. The highest BCUT2D eigenvalue weighted by atomic mass is 35.5. The lowest BCUT2D eigenvalue weighted by molar-refractivity contribution is 0.308. The van der Waals surface area contributed by atoms with E-state index >= 15 is 0 Å². The van der Waals surface area contributed by atoms with E-state index in [1.54, 1.807) is 18.2 Å². The van der Waals surface area contributed by atoms with E-state index in [4.69, 9.17) is 32.7 Å². The molecule has 0 aromatic heterocycles. The number of hydrogen-bond donors (Lipinski definition) is 1. The Morgan fingerprint density at radius 1 is 1.00 bits per heavy atom. The summed E-state index contributed by atoms with van der Waals surface area (Å²) in [4.78, 5) is 0. The van der Waals surface area contributed by atoms with Crippen LogP contribution in [0.5, 0.6) is 11.5 Å². The average Bonchev–Trinajstić information content (AvgIpc) is 2.53. The van der Waals surface area contributed by atoms with Crippen LogP contribution in [0.25, 0.3) is 0 Å². The lowest BCUT2D eigenvalue weighted by Crippen LogP contribution is -2.05. The molecule has 2 rings (SSSR count). The lowest BCUT2D eigenvalue weighted by Gasteiger charge is -2.10. The Morgan fingerprint density at radius 2 is 1.87 bits per heavy atom. The molecular weight excluding hydrogens is 333 g/mol. The van der Waals surface area contributed by atoms with E-state index in [1.807, 2.05) is 31.2 Å². The first kappa shape index (κ1) is 17.8. The van der Waals surface area contributed by atoms with Crippen molar-refractivity contribution in [2.45, 2.75) is 19.8 Å². The van der Waals surface area contributed by atoms with Crippen LogP contribution in [0.15, 0.2) is 42.5 Å². The van der Waals surface area contributed by atoms with Crippen LogP contribution in [-0.4, -0.2) is 19.8 Å². The van der Waals surface area contributed by atoms with Gasteiger partial charge in [-0.3, -0.25) is 0 Å². The van der Waals surface area contributed by atoms with Gasteiger partial charge in [-0.15, -0.1) is 0 Å². The van der Waals surface area contributed by atoms with Crippen molar-refractivity contribution in [3.05, 3.63) is 52.5 Å². The van der Waals surface area contributed by atoms with Crippen LogP contribution in [0.2, 0.25) is 10.0 Å². The van der Waals surface area contributed by atoms with Crippen LogP contribution in [-0.2, 0) is 0 Å². The second kappa shape index (κ2) is 9.53. The number of rotatable bonds is 9. The van der Waals surface area contributed by atoms with E-state index in [1.165, 1.54) is 0 Å². The molecule has 0 radical (unpaired) electrons. The molecule has 0 spiro atoms. The maximum atomic E-state index is 6.06. The topological polar surface area (TPSA) is 30.5 Å². The summed E-state index contributed by atoms with van der Waals surface area (Å²) in [6.07, 6.45) is 1.95. The van der Waals surface area contributed by atoms with Gasteiger partial charge in [0.2, 0.25) is 0 Å². The molecule has 0 bridgehead atoms. The Morgan fingerprint density at radius 3 is 2.65 bits per heavy atom. The molecule has 1 N–H and O–H groups in total. The molecule has 0 aliphatic carbocycles. The van der Waals surface area contributed by atoms with E-state index in [2.05, 4.69) is 5.32 Å². The molecule has 2 aromatic rings. The van der Waals surface area contributed by atoms with Gasteiger partial charge in [-0.2, -0.15) is 0 Å². The average molecular weight is 354 g/mol. The third kappa shape index (κ3) is 6.20. The van der Waals surface area contributed by atoms with Gasteiger partial charge in [0, 0.05) is 23.3 Å². The van der Waals surface area contributed by atoms with Crippen molar-refractivity contribution in [3.63, 3.8) is 0 Å². The molecule has 0 saturated heterocycles. The molecule has 5 heteroatoms. The summed E-state index contributed by atoms with van der Waals surface area (Å²) in [5.41, 5.74) is 1.07. The first-order valence-corrected chi connectivity index (χ1v) is 8.49. The van der Waals surface area contributed by atoms with E-state index in [0.29, 0.717) is 29.0 Å². The highest BCUT2D eigenvalue weighted by Crippen LogP contribution is 2.27. The summed E-state index contributed by atoms with van der Waals surface area (Å²) in [6, 6.07) is 13.2. The molecule has 0 heterocycles. The van der Waals surface area contributed by atoms with Gasteiger partial charge in [0.15, 0.2) is 0 Å². The van der Waals surface area contributed by atoms with Gasteiger partial charge < -0.3 is 14.8 Å². The van der Waals surface area contributed by atoms with Crippen molar-refractivity contribution >= 4 is 28.9 Å². The fourth-order valence-corrected chi connectivity index (χ4v) is 2.56. The van der Waals surface area contributed by atoms with Gasteiger partial charge in [-0.05, 0) is 50.1 Å². The van der Waals surface area contributed by atoms with Gasteiger partial charge in [0.05, 0.1) is 18.2 Å². The zero-order valence-electron chi connectivity index (χ0n) is 13.1. The van der Waals surface area contributed by atoms with Gasteiger partial charge in [-0.25, -0.2) is 0 Å². The largest absolute Gasteiger partial charge is 0.494 e. The first-order chi connectivity index (χ1) is 11.2. The maximum absolute atomic E-state index is 6.06. The van der Waals surface area contributed by atoms with Gasteiger partial charge >= 0.3 is 0 Å². The van der Waals surface area contributed by atoms with Gasteiger partial charge in [-0.1, -0.05) is 29.3 Å². The van der Waals surface area contributed by atoms with E-state index in [9.17, 15) is 0 Å². The quantitative estimate of drug-likeness (QED) is 0.589. The number of ether oxygens (including phenoxy) is 2. The highest BCUT2D eigenvalue weighted by Gasteiger charge is 2.02. The molecule has 0 unspecified atom stereocenters. The Labute approximate surface area is 147 Å². The molecular formula is C18H21Cl2NO2. The van der Waals surface area contributed by atoms with Crippen molar-refractivity contribution in [3.8, 4) is 11.5 Å². The van der Waals surface area contributed by atoms with Gasteiger partial charge in [0.1, 0.15) is 11.5 Å². The predicted molar refractivity (Wildman–Crippen MR) is 97.3 cm³/mol. The van der Waals surface area contributed by atoms with Gasteiger partial charge in [0.25, 0.3) is 0 Å². The molecule has 23 heavy (non-hydrogen) atoms. The standard InChI is InChI=1S/C18H21Cl2NO2/c1-2-22-16-7-5-6-15(13-16)21-10-3-4-11-23-18-9-8-14(19)12-17(18)20/h5-9,12-13,21H,2-4,10-11H2,1H3. The molecule has 0 atom stereocenters. The summed E-state index contributed by atoms with van der Waals surface area (Å²) in [5.74, 6) is 1.56. The van der Waals surface area contributed by atoms with Crippen LogP contribution in [0.3, 0.4) is 0 Å². The van der Waals surface area contributed by atoms with Crippen molar-refractivity contribution < 1.29 is 9.47 Å². The Bertz CT molecular complexity index is 620. The zero-order valence-corrected chi connectivity index (χ0v) is 14.7. The third-order valence-corrected chi connectivity index (χ3v) is 3.73. The molecule has 2 aromatic carbocycles. The maximum Gasteiger partial charge on any atom is 0.137 e. The molecule has 0 aliphatic rings. The Balaban J connectivity index is 1.65. The van der Waals surface area contributed by atoms with Crippen molar-refractivity contribution in [1.82, 2.24) is 0 Å². The zero-order chi connectivity index (χ0) is 16.5. The Kier molecular flexibility index (Phi) is 7.37. The van der Waals surface area contributed by atoms with Crippen molar-refractivity contribution in [2.75, 3.05) is 25.1 Å². The SMILES string of the molecule is CCOc1cccc(NCCCCOc2ccc(Cl)cc2Cl)c1. The molecule has 0 fully saturated rings. The molecule has 0 saturated carbocycles. The minimum Gasteiger partial charge on any atom is -0.494 e. The minimum atomic E-state index is 0.545. The number of benzene rings is 2. The fraction of sp³-hybridized carbons (Fsp3) is 0.333. The predicted octanol–water partition coefficient (Wildman–Crippen LogP) is 5.66. The summed E-state index contributed by atoms with van der Waals surface area (Å²) in [5, 5.41) is 4.54. The van der Waals surface area contributed by atoms with Crippen LogP contribution in [0.1, 0.15) is 19.8 Å². The molecule has 3 nitrogen and oxygen atoms in total. The third-order valence-electron chi connectivity index (χ3n) is 3.20. The lowest BCUT2D eigenvalue weighted by atomic mass is 10.2. The minimum absolute atomic E-state index is 0.545. The van der Waals surface area contributed by atoms with Crippen LogP contribution in [0, 0.1) is 0 Å². The summed E-state index contributed by atoms with van der Waals surface area (Å²) in [6.45, 7) is 4.16. The smallest absolute Gasteiger partial charge is 0.137 e. The first-order valence-electron chi connectivity index (χ1n) is 7.73. The van der Waals surface area contributed by atoms with E-state index in [-0.39, 0.29) is 0 Å². The normalized spacial score (nSPS) is 10.4. The number of halogens is 2. The fourth-order valence-electron chi connectivity index (χ4n) is 2.10. The number of unbranched alkanes of at least 4 members (excludes halogenated alkanes) is 1. The molecule has 124 valence electrons. The Hall–Kier alpha value is -1.58. The van der Waals surface area contributed by atoms with Crippen LogP contribution >= 0.6 is 23.2 Å². The number of hydrogen-bond acceptors (Lipinski definition) is 3. The van der Waals surface area contributed by atoms with Crippen LogP contribution in [0.4, 0.5) is 5.69 Å². The monoisotopic (exact) mass is 353 g/mol. The summed E-state index contributed by atoms with van der Waals surface area (Å²) >= 11 is 11.9. The van der Waals surface area contributed by atoms with E-state index in [0.717, 1.165) is 30.8 Å². The van der Waals surface area contributed by atoms with Crippen LogP contribution < -0.4 is 14.8 Å². The second-order valence-electron chi connectivity index (χ2n) is 5.02.